The Morgan fingerprint density at radius 3 is 1.77 bits per heavy atom. The zero-order valence-electron chi connectivity index (χ0n) is 8.45. The minimum atomic E-state index is 0.187. The third-order valence-electron chi connectivity index (χ3n) is 2.51. The molecule has 0 aliphatic heterocycles. The first-order chi connectivity index (χ1) is 6.33. The fourth-order valence-electron chi connectivity index (χ4n) is 1.59. The van der Waals surface area contributed by atoms with E-state index in [4.69, 9.17) is 9.47 Å². The maximum Gasteiger partial charge on any atom is 0.0473 e. The number of ether oxygens (including phenoxy) is 2. The van der Waals surface area contributed by atoms with Gasteiger partial charge in [-0.2, -0.15) is 0 Å². The van der Waals surface area contributed by atoms with Gasteiger partial charge in [-0.15, -0.1) is 0 Å². The van der Waals surface area contributed by atoms with Gasteiger partial charge >= 0.3 is 0 Å². The summed E-state index contributed by atoms with van der Waals surface area (Å²) in [5.41, 5.74) is 0.187. The van der Waals surface area contributed by atoms with Gasteiger partial charge in [0.15, 0.2) is 0 Å². The molecule has 0 aromatic heterocycles. The van der Waals surface area contributed by atoms with Gasteiger partial charge in [-0.25, -0.2) is 0 Å². The van der Waals surface area contributed by atoms with Gasteiger partial charge in [0.25, 0.3) is 0 Å². The quantitative estimate of drug-likeness (QED) is 0.626. The molecule has 0 amide bonds. The van der Waals surface area contributed by atoms with Crippen LogP contribution >= 0.6 is 0 Å². The van der Waals surface area contributed by atoms with Gasteiger partial charge in [0.2, 0.25) is 0 Å². The summed E-state index contributed by atoms with van der Waals surface area (Å²) in [6.45, 7) is 1.61. The lowest BCUT2D eigenvalue weighted by atomic mass is 9.83. The Morgan fingerprint density at radius 1 is 0.923 bits per heavy atom. The highest BCUT2D eigenvalue weighted by Crippen LogP contribution is 2.33. The SMILES string of the molecule is COCCC1(CCOC)C=CC=C1. The molecule has 1 rings (SSSR count). The topological polar surface area (TPSA) is 18.5 Å². The average molecular weight is 182 g/mol. The summed E-state index contributed by atoms with van der Waals surface area (Å²) in [5.74, 6) is 0. The van der Waals surface area contributed by atoms with Gasteiger partial charge in [0.05, 0.1) is 0 Å². The fourth-order valence-corrected chi connectivity index (χ4v) is 1.59. The van der Waals surface area contributed by atoms with Crippen LogP contribution in [0.1, 0.15) is 12.8 Å². The van der Waals surface area contributed by atoms with Crippen LogP contribution in [-0.2, 0) is 9.47 Å². The van der Waals surface area contributed by atoms with Crippen LogP contribution < -0.4 is 0 Å². The first-order valence-electron chi connectivity index (χ1n) is 4.68. The lowest BCUT2D eigenvalue weighted by molar-refractivity contribution is 0.138. The molecule has 1 aliphatic rings. The first-order valence-corrected chi connectivity index (χ1v) is 4.68. The molecule has 0 bridgehead atoms. The average Bonchev–Trinajstić information content (AvgIpc) is 2.61. The molecule has 0 aromatic rings. The molecule has 0 saturated heterocycles. The lowest BCUT2D eigenvalue weighted by Gasteiger charge is -2.24. The highest BCUT2D eigenvalue weighted by Gasteiger charge is 2.24. The van der Waals surface area contributed by atoms with Gasteiger partial charge in [-0.1, -0.05) is 24.3 Å². The first kappa shape index (κ1) is 10.5. The Kier molecular flexibility index (Phi) is 4.19. The van der Waals surface area contributed by atoms with E-state index in [1.807, 2.05) is 0 Å². The summed E-state index contributed by atoms with van der Waals surface area (Å²) < 4.78 is 10.2. The van der Waals surface area contributed by atoms with Crippen molar-refractivity contribution < 1.29 is 9.47 Å². The highest BCUT2D eigenvalue weighted by atomic mass is 16.5. The number of methoxy groups -OCH3 is 2. The molecule has 13 heavy (non-hydrogen) atoms. The van der Waals surface area contributed by atoms with Crippen LogP contribution in [-0.4, -0.2) is 27.4 Å². The van der Waals surface area contributed by atoms with Gasteiger partial charge in [0.1, 0.15) is 0 Å². The van der Waals surface area contributed by atoms with E-state index in [9.17, 15) is 0 Å². The number of hydrogen-bond acceptors (Lipinski definition) is 2. The van der Waals surface area contributed by atoms with Crippen molar-refractivity contribution in [3.8, 4) is 0 Å². The van der Waals surface area contributed by atoms with Crippen LogP contribution in [0, 0.1) is 5.41 Å². The van der Waals surface area contributed by atoms with E-state index in [-0.39, 0.29) is 5.41 Å². The normalized spacial score (nSPS) is 18.3. The van der Waals surface area contributed by atoms with E-state index in [0.29, 0.717) is 0 Å². The summed E-state index contributed by atoms with van der Waals surface area (Å²) in [7, 11) is 3.48. The second-order valence-electron chi connectivity index (χ2n) is 3.44. The van der Waals surface area contributed by atoms with Crippen molar-refractivity contribution in [1.29, 1.82) is 0 Å². The minimum absolute atomic E-state index is 0.187. The third kappa shape index (κ3) is 2.98. The van der Waals surface area contributed by atoms with Crippen molar-refractivity contribution >= 4 is 0 Å². The third-order valence-corrected chi connectivity index (χ3v) is 2.51. The van der Waals surface area contributed by atoms with Crippen molar-refractivity contribution in [2.24, 2.45) is 5.41 Å². The molecule has 0 aromatic carbocycles. The van der Waals surface area contributed by atoms with Crippen molar-refractivity contribution in [1.82, 2.24) is 0 Å². The molecule has 74 valence electrons. The Hall–Kier alpha value is -0.600. The Morgan fingerprint density at radius 2 is 1.38 bits per heavy atom. The number of hydrogen-bond donors (Lipinski definition) is 0. The van der Waals surface area contributed by atoms with E-state index in [1.54, 1.807) is 14.2 Å². The molecule has 0 N–H and O–H groups in total. The zero-order valence-corrected chi connectivity index (χ0v) is 8.45. The summed E-state index contributed by atoms with van der Waals surface area (Å²) >= 11 is 0. The standard InChI is InChI=1S/C11H18O2/c1-12-9-7-11(8-10-13-2)5-3-4-6-11/h3-6H,7-10H2,1-2H3. The predicted octanol–water partition coefficient (Wildman–Crippen LogP) is 2.17. The van der Waals surface area contributed by atoms with E-state index in [2.05, 4.69) is 24.3 Å². The molecule has 0 unspecified atom stereocenters. The van der Waals surface area contributed by atoms with E-state index < -0.39 is 0 Å². The molecular formula is C11H18O2. The molecule has 0 heterocycles. The van der Waals surface area contributed by atoms with Crippen LogP contribution in [0.15, 0.2) is 24.3 Å². The Labute approximate surface area is 80.2 Å². The Bertz CT molecular complexity index is 172. The lowest BCUT2D eigenvalue weighted by Crippen LogP contribution is -2.18. The van der Waals surface area contributed by atoms with Crippen molar-refractivity contribution in [2.75, 3.05) is 27.4 Å². The minimum Gasteiger partial charge on any atom is -0.385 e. The van der Waals surface area contributed by atoms with Crippen molar-refractivity contribution in [3.63, 3.8) is 0 Å². The zero-order chi connectivity index (χ0) is 9.57. The fraction of sp³-hybridized carbons (Fsp3) is 0.636. The summed E-state index contributed by atoms with van der Waals surface area (Å²) in [5, 5.41) is 0. The molecule has 1 aliphatic carbocycles. The second kappa shape index (κ2) is 5.20. The van der Waals surface area contributed by atoms with E-state index >= 15 is 0 Å². The molecule has 0 spiro atoms. The van der Waals surface area contributed by atoms with Gasteiger partial charge in [0, 0.05) is 32.8 Å². The maximum atomic E-state index is 5.10. The smallest absolute Gasteiger partial charge is 0.0473 e. The van der Waals surface area contributed by atoms with Crippen LogP contribution in [0.4, 0.5) is 0 Å². The maximum absolute atomic E-state index is 5.10. The largest absolute Gasteiger partial charge is 0.385 e. The summed E-state index contributed by atoms with van der Waals surface area (Å²) in [6.07, 6.45) is 10.8. The Balaban J connectivity index is 2.44. The van der Waals surface area contributed by atoms with Gasteiger partial charge < -0.3 is 9.47 Å². The number of allylic oxidation sites excluding steroid dienone is 4. The van der Waals surface area contributed by atoms with Crippen molar-refractivity contribution in [3.05, 3.63) is 24.3 Å². The van der Waals surface area contributed by atoms with Crippen molar-refractivity contribution in [2.45, 2.75) is 12.8 Å². The highest BCUT2D eigenvalue weighted by molar-refractivity contribution is 5.24. The van der Waals surface area contributed by atoms with Gasteiger partial charge in [-0.05, 0) is 12.8 Å². The van der Waals surface area contributed by atoms with E-state index in [1.165, 1.54) is 0 Å². The number of rotatable bonds is 6. The monoisotopic (exact) mass is 182 g/mol. The molecule has 0 atom stereocenters. The summed E-state index contributed by atoms with van der Waals surface area (Å²) in [4.78, 5) is 0. The second-order valence-corrected chi connectivity index (χ2v) is 3.44. The molecule has 0 saturated carbocycles. The van der Waals surface area contributed by atoms with Crippen LogP contribution in [0.3, 0.4) is 0 Å². The van der Waals surface area contributed by atoms with Crippen LogP contribution in [0.5, 0.6) is 0 Å². The molecule has 0 radical (unpaired) electrons. The summed E-state index contributed by atoms with van der Waals surface area (Å²) in [6, 6.07) is 0. The predicted molar refractivity (Wildman–Crippen MR) is 53.7 cm³/mol. The molecule has 2 heteroatoms. The molecule has 2 nitrogen and oxygen atoms in total. The molecular weight excluding hydrogens is 164 g/mol. The van der Waals surface area contributed by atoms with E-state index in [0.717, 1.165) is 26.1 Å². The van der Waals surface area contributed by atoms with Crippen LogP contribution in [0.2, 0.25) is 0 Å². The van der Waals surface area contributed by atoms with Crippen LogP contribution in [0.25, 0.3) is 0 Å². The molecule has 0 fully saturated rings. The van der Waals surface area contributed by atoms with Gasteiger partial charge in [-0.3, -0.25) is 0 Å².